The van der Waals surface area contributed by atoms with Gasteiger partial charge in [0.1, 0.15) is 5.75 Å². The Morgan fingerprint density at radius 3 is 1.74 bits per heavy atom. The van der Waals surface area contributed by atoms with E-state index in [-0.39, 0.29) is 5.56 Å². The molecule has 0 spiro atoms. The monoisotopic (exact) mass is 314 g/mol. The van der Waals surface area contributed by atoms with E-state index in [4.69, 9.17) is 5.11 Å². The Labute approximate surface area is 132 Å². The third-order valence-corrected chi connectivity index (χ3v) is 2.47. The summed E-state index contributed by atoms with van der Waals surface area (Å²) in [7, 11) is 0. The Hall–Kier alpha value is -3.28. The molecule has 0 bridgehead atoms. The highest BCUT2D eigenvalue weighted by Gasteiger charge is 2.12. The van der Waals surface area contributed by atoms with E-state index < -0.39 is 23.5 Å². The smallest absolute Gasteiger partial charge is 0.379 e. The lowest BCUT2D eigenvalue weighted by Crippen LogP contribution is -2.16. The van der Waals surface area contributed by atoms with Crippen LogP contribution in [0.1, 0.15) is 17.3 Å². The lowest BCUT2D eigenvalue weighted by molar-refractivity contribution is -0.146. The van der Waals surface area contributed by atoms with Gasteiger partial charge in [0.2, 0.25) is 5.78 Å². The van der Waals surface area contributed by atoms with Gasteiger partial charge in [-0.2, -0.15) is 0 Å². The summed E-state index contributed by atoms with van der Waals surface area (Å²) in [5.74, 6) is -3.33. The van der Waals surface area contributed by atoms with Crippen LogP contribution in [0.5, 0.6) is 5.75 Å². The van der Waals surface area contributed by atoms with Gasteiger partial charge in [-0.05, 0) is 12.1 Å². The lowest BCUT2D eigenvalue weighted by Gasteiger charge is -1.99. The van der Waals surface area contributed by atoms with Crippen LogP contribution in [-0.4, -0.2) is 28.6 Å². The Balaban J connectivity index is 0.000000231. The van der Waals surface area contributed by atoms with Crippen LogP contribution in [0.25, 0.3) is 0 Å². The maximum Gasteiger partial charge on any atom is 0.379 e. The van der Waals surface area contributed by atoms with E-state index in [2.05, 4.69) is 4.74 Å². The Bertz CT molecular complexity index is 692. The van der Waals surface area contributed by atoms with Crippen molar-refractivity contribution in [1.29, 1.82) is 0 Å². The van der Waals surface area contributed by atoms with Gasteiger partial charge in [0.15, 0.2) is 0 Å². The highest BCUT2D eigenvalue weighted by atomic mass is 16.5. The molecule has 0 saturated heterocycles. The number of para-hydroxylation sites is 1. The van der Waals surface area contributed by atoms with Crippen molar-refractivity contribution in [2.24, 2.45) is 0 Å². The Kier molecular flexibility index (Phi) is 6.87. The number of carboxylic acids is 1. The first-order valence-corrected chi connectivity index (χ1v) is 6.52. The minimum Gasteiger partial charge on any atom is -0.475 e. The molecule has 0 aliphatic carbocycles. The van der Waals surface area contributed by atoms with Crippen LogP contribution >= 0.6 is 0 Å². The second kappa shape index (κ2) is 8.89. The fourth-order valence-electron chi connectivity index (χ4n) is 1.38. The summed E-state index contributed by atoms with van der Waals surface area (Å²) in [6, 6.07) is 16.4. The molecule has 0 aliphatic heterocycles. The number of carbonyl (C=O) groups excluding carboxylic acids is 3. The molecule has 23 heavy (non-hydrogen) atoms. The van der Waals surface area contributed by atoms with Gasteiger partial charge in [-0.15, -0.1) is 0 Å². The molecule has 6 nitrogen and oxygen atoms in total. The van der Waals surface area contributed by atoms with Crippen LogP contribution in [0.2, 0.25) is 0 Å². The molecule has 0 atom stereocenters. The van der Waals surface area contributed by atoms with Crippen LogP contribution < -0.4 is 4.74 Å². The van der Waals surface area contributed by atoms with Crippen molar-refractivity contribution >= 4 is 23.5 Å². The van der Waals surface area contributed by atoms with E-state index in [1.807, 2.05) is 0 Å². The summed E-state index contributed by atoms with van der Waals surface area (Å²) < 4.78 is 4.69. The second-order valence-electron chi connectivity index (χ2n) is 4.26. The van der Waals surface area contributed by atoms with Crippen molar-refractivity contribution in [3.63, 3.8) is 0 Å². The summed E-state index contributed by atoms with van der Waals surface area (Å²) in [6.07, 6.45) is 0. The number of benzene rings is 2. The van der Waals surface area contributed by atoms with E-state index >= 15 is 0 Å². The van der Waals surface area contributed by atoms with Crippen molar-refractivity contribution in [1.82, 2.24) is 0 Å². The van der Waals surface area contributed by atoms with E-state index in [1.54, 1.807) is 48.5 Å². The normalized spacial score (nSPS) is 9.09. The number of rotatable bonds is 4. The molecule has 2 aromatic carbocycles. The minimum absolute atomic E-state index is 0.208. The summed E-state index contributed by atoms with van der Waals surface area (Å²) >= 11 is 0. The molecule has 0 amide bonds. The third-order valence-electron chi connectivity index (χ3n) is 2.47. The van der Waals surface area contributed by atoms with Gasteiger partial charge in [-0.25, -0.2) is 9.59 Å². The van der Waals surface area contributed by atoms with Crippen LogP contribution in [0.15, 0.2) is 60.7 Å². The first-order valence-electron chi connectivity index (χ1n) is 6.52. The topological polar surface area (TPSA) is 97.7 Å². The number of hydrogen-bond acceptors (Lipinski definition) is 5. The summed E-state index contributed by atoms with van der Waals surface area (Å²) in [5, 5.41) is 8.29. The van der Waals surface area contributed by atoms with Crippen molar-refractivity contribution in [2.45, 2.75) is 6.92 Å². The fourth-order valence-corrected chi connectivity index (χ4v) is 1.38. The van der Waals surface area contributed by atoms with Gasteiger partial charge in [0.25, 0.3) is 5.78 Å². The molecule has 0 radical (unpaired) electrons. The summed E-state index contributed by atoms with van der Waals surface area (Å²) in [6.45, 7) is 1.17. The summed E-state index contributed by atoms with van der Waals surface area (Å²) in [5.41, 5.74) is 0.208. The maximum absolute atomic E-state index is 10.7. The van der Waals surface area contributed by atoms with E-state index in [1.165, 1.54) is 19.1 Å². The number of ketones is 2. The number of ether oxygens (including phenoxy) is 1. The average molecular weight is 314 g/mol. The van der Waals surface area contributed by atoms with Gasteiger partial charge in [-0.3, -0.25) is 9.59 Å². The van der Waals surface area contributed by atoms with Crippen LogP contribution in [0.3, 0.4) is 0 Å². The van der Waals surface area contributed by atoms with Gasteiger partial charge in [0.05, 0.1) is 0 Å². The Morgan fingerprint density at radius 1 is 0.826 bits per heavy atom. The van der Waals surface area contributed by atoms with E-state index in [0.717, 1.165) is 0 Å². The largest absolute Gasteiger partial charge is 0.475 e. The number of aliphatic carboxylic acids is 1. The SMILES string of the molecule is CC(=O)C(=O)Oc1ccccc1.O=C(O)C(=O)c1ccccc1. The van der Waals surface area contributed by atoms with Gasteiger partial charge in [-0.1, -0.05) is 48.5 Å². The van der Waals surface area contributed by atoms with Crippen molar-refractivity contribution < 1.29 is 29.0 Å². The zero-order chi connectivity index (χ0) is 17.2. The molecule has 0 aromatic heterocycles. The molecule has 0 fully saturated rings. The van der Waals surface area contributed by atoms with E-state index in [9.17, 15) is 19.2 Å². The quantitative estimate of drug-likeness (QED) is 0.402. The van der Waals surface area contributed by atoms with Crippen molar-refractivity contribution in [3.05, 3.63) is 66.2 Å². The molecule has 2 aromatic rings. The fraction of sp³-hybridized carbons (Fsp3) is 0.0588. The van der Waals surface area contributed by atoms with Gasteiger partial charge >= 0.3 is 11.9 Å². The van der Waals surface area contributed by atoms with Crippen molar-refractivity contribution in [3.8, 4) is 5.75 Å². The maximum atomic E-state index is 10.7. The highest BCUT2D eigenvalue weighted by Crippen LogP contribution is 2.08. The first-order chi connectivity index (χ1) is 10.9. The number of Topliss-reactive ketones (excluding diaryl/α,β-unsaturated/α-hetero) is 2. The van der Waals surface area contributed by atoms with E-state index in [0.29, 0.717) is 5.75 Å². The third kappa shape index (κ3) is 6.34. The minimum atomic E-state index is -1.42. The van der Waals surface area contributed by atoms with Gasteiger partial charge < -0.3 is 9.84 Å². The zero-order valence-corrected chi connectivity index (χ0v) is 12.3. The Morgan fingerprint density at radius 2 is 1.30 bits per heavy atom. The molecule has 0 saturated carbocycles. The lowest BCUT2D eigenvalue weighted by atomic mass is 10.1. The van der Waals surface area contributed by atoms with Crippen molar-refractivity contribution in [2.75, 3.05) is 0 Å². The molecule has 0 aliphatic rings. The average Bonchev–Trinajstić information content (AvgIpc) is 2.56. The molecule has 1 N–H and O–H groups in total. The molecule has 0 unspecified atom stereocenters. The molecule has 0 heterocycles. The number of esters is 1. The molecule has 6 heteroatoms. The zero-order valence-electron chi connectivity index (χ0n) is 12.3. The highest BCUT2D eigenvalue weighted by molar-refractivity contribution is 6.39. The number of hydrogen-bond donors (Lipinski definition) is 1. The second-order valence-corrected chi connectivity index (χ2v) is 4.26. The van der Waals surface area contributed by atoms with Gasteiger partial charge in [0, 0.05) is 12.5 Å². The van der Waals surface area contributed by atoms with Crippen LogP contribution in [0.4, 0.5) is 0 Å². The molecular weight excluding hydrogens is 300 g/mol. The molecule has 118 valence electrons. The predicted molar refractivity (Wildman–Crippen MR) is 81.2 cm³/mol. The predicted octanol–water partition coefficient (Wildman–Crippen LogP) is 2.13. The number of carboxylic acid groups (broad SMARTS) is 1. The standard InChI is InChI=1S/C9H8O3.C8H6O3/c1-7(10)9(11)12-8-5-3-2-4-6-8;9-7(8(10)11)6-4-2-1-3-5-6/h2-6H,1H3;1-5H,(H,10,11). The molecule has 2 rings (SSSR count). The summed E-state index contributed by atoms with van der Waals surface area (Å²) in [4.78, 5) is 42.1. The van der Waals surface area contributed by atoms with Crippen LogP contribution in [0, 0.1) is 0 Å². The number of carbonyl (C=O) groups is 4. The van der Waals surface area contributed by atoms with Crippen LogP contribution in [-0.2, 0) is 14.4 Å². The first kappa shape index (κ1) is 17.8. The molecular formula is C17H14O6.